The van der Waals surface area contributed by atoms with Gasteiger partial charge in [0.05, 0.1) is 26.3 Å². The Morgan fingerprint density at radius 3 is 2.48 bits per heavy atom. The molecule has 4 rings (SSSR count). The molecule has 1 atom stereocenters. The lowest BCUT2D eigenvalue weighted by Crippen LogP contribution is -2.66. The molecule has 178 valence electrons. The lowest BCUT2D eigenvalue weighted by Gasteiger charge is -2.50. The SMILES string of the molecule is O=C(O)C(F)(F)F.O=C(c1cccc(O)c1)N1CC2(C1)OCCC2COCc1ccncc1. The van der Waals surface area contributed by atoms with Gasteiger partial charge in [-0.3, -0.25) is 9.78 Å². The summed E-state index contributed by atoms with van der Waals surface area (Å²) in [4.78, 5) is 27.2. The Bertz CT molecular complexity index is 964. The molecule has 0 aliphatic carbocycles. The third-order valence-corrected chi connectivity index (χ3v) is 5.48. The van der Waals surface area contributed by atoms with E-state index >= 15 is 0 Å². The molecule has 2 saturated heterocycles. The maximum atomic E-state index is 12.5. The number of aliphatic carboxylic acids is 1. The number of halogens is 3. The fourth-order valence-corrected chi connectivity index (χ4v) is 3.73. The van der Waals surface area contributed by atoms with Gasteiger partial charge in [-0.1, -0.05) is 6.07 Å². The summed E-state index contributed by atoms with van der Waals surface area (Å²) >= 11 is 0. The molecule has 2 aromatic rings. The third kappa shape index (κ3) is 6.20. The van der Waals surface area contributed by atoms with Crippen molar-refractivity contribution in [1.82, 2.24) is 9.88 Å². The van der Waals surface area contributed by atoms with Crippen molar-refractivity contribution in [2.24, 2.45) is 5.92 Å². The smallest absolute Gasteiger partial charge is 0.490 e. The van der Waals surface area contributed by atoms with Crippen LogP contribution in [0.1, 0.15) is 22.3 Å². The molecule has 33 heavy (non-hydrogen) atoms. The average Bonchev–Trinajstić information content (AvgIpc) is 3.17. The molecule has 1 spiro atoms. The lowest BCUT2D eigenvalue weighted by atomic mass is 9.81. The van der Waals surface area contributed by atoms with Crippen LogP contribution in [0.25, 0.3) is 0 Å². The van der Waals surface area contributed by atoms with Crippen molar-refractivity contribution in [2.45, 2.75) is 24.8 Å². The van der Waals surface area contributed by atoms with E-state index in [1.165, 1.54) is 6.07 Å². The summed E-state index contributed by atoms with van der Waals surface area (Å²) in [5, 5.41) is 16.7. The molecule has 0 bridgehead atoms. The Morgan fingerprint density at radius 1 is 1.21 bits per heavy atom. The summed E-state index contributed by atoms with van der Waals surface area (Å²) in [6.45, 7) is 3.03. The van der Waals surface area contributed by atoms with Crippen LogP contribution in [0.5, 0.6) is 5.75 Å². The Kier molecular flexibility index (Phi) is 7.54. The van der Waals surface area contributed by atoms with Crippen LogP contribution in [0.15, 0.2) is 48.8 Å². The molecule has 3 heterocycles. The molecule has 1 amide bonds. The van der Waals surface area contributed by atoms with Gasteiger partial charge in [-0.25, -0.2) is 4.79 Å². The first-order chi connectivity index (χ1) is 15.6. The van der Waals surface area contributed by atoms with Gasteiger partial charge in [0.2, 0.25) is 0 Å². The summed E-state index contributed by atoms with van der Waals surface area (Å²) in [5.41, 5.74) is 1.32. The molecule has 0 saturated carbocycles. The number of likely N-dealkylation sites (tertiary alicyclic amines) is 1. The van der Waals surface area contributed by atoms with Crippen molar-refractivity contribution in [1.29, 1.82) is 0 Å². The van der Waals surface area contributed by atoms with Crippen LogP contribution < -0.4 is 0 Å². The van der Waals surface area contributed by atoms with E-state index in [0.717, 1.165) is 12.0 Å². The van der Waals surface area contributed by atoms with Gasteiger partial charge >= 0.3 is 12.1 Å². The van der Waals surface area contributed by atoms with Crippen molar-refractivity contribution >= 4 is 11.9 Å². The first kappa shape index (κ1) is 24.5. The van der Waals surface area contributed by atoms with Gasteiger partial charge in [0.15, 0.2) is 0 Å². The number of carboxylic acid groups (broad SMARTS) is 1. The van der Waals surface area contributed by atoms with E-state index < -0.39 is 12.1 Å². The Labute approximate surface area is 187 Å². The van der Waals surface area contributed by atoms with E-state index in [-0.39, 0.29) is 23.2 Å². The van der Waals surface area contributed by atoms with Crippen LogP contribution in [-0.2, 0) is 20.9 Å². The van der Waals surface area contributed by atoms with Crippen LogP contribution in [0, 0.1) is 5.92 Å². The van der Waals surface area contributed by atoms with Gasteiger partial charge in [0.1, 0.15) is 11.4 Å². The lowest BCUT2D eigenvalue weighted by molar-refractivity contribution is -0.192. The second-order valence-electron chi connectivity index (χ2n) is 7.78. The molecule has 2 fully saturated rings. The molecule has 1 aromatic heterocycles. The number of amides is 1. The number of rotatable bonds is 5. The van der Waals surface area contributed by atoms with Crippen molar-refractivity contribution < 1.29 is 42.4 Å². The highest BCUT2D eigenvalue weighted by Gasteiger charge is 2.54. The Morgan fingerprint density at radius 2 is 1.88 bits per heavy atom. The highest BCUT2D eigenvalue weighted by Crippen LogP contribution is 2.40. The van der Waals surface area contributed by atoms with Crippen molar-refractivity contribution in [3.05, 3.63) is 59.9 Å². The highest BCUT2D eigenvalue weighted by atomic mass is 19.4. The number of aromatic nitrogens is 1. The maximum absolute atomic E-state index is 12.5. The fourth-order valence-electron chi connectivity index (χ4n) is 3.73. The van der Waals surface area contributed by atoms with Crippen LogP contribution in [-0.4, -0.2) is 70.1 Å². The standard InChI is InChI=1S/C20H22N2O4.C2HF3O2/c23-18-3-1-2-16(10-18)19(24)22-13-20(14-22)17(6-9-26-20)12-25-11-15-4-7-21-8-5-15;3-2(4,5)1(6)7/h1-5,7-8,10,17,23H,6,9,11-14H2;(H,6,7). The maximum Gasteiger partial charge on any atom is 0.490 e. The molecule has 2 N–H and O–H groups in total. The zero-order valence-electron chi connectivity index (χ0n) is 17.5. The molecule has 8 nitrogen and oxygen atoms in total. The van der Waals surface area contributed by atoms with Gasteiger partial charge in [-0.15, -0.1) is 0 Å². The van der Waals surface area contributed by atoms with E-state index in [1.54, 1.807) is 35.5 Å². The minimum Gasteiger partial charge on any atom is -0.508 e. The summed E-state index contributed by atoms with van der Waals surface area (Å²) in [7, 11) is 0. The van der Waals surface area contributed by atoms with Crippen LogP contribution in [0.2, 0.25) is 0 Å². The number of hydrogen-bond donors (Lipinski definition) is 2. The van der Waals surface area contributed by atoms with Gasteiger partial charge in [0.25, 0.3) is 5.91 Å². The number of ether oxygens (including phenoxy) is 2. The Balaban J connectivity index is 0.000000383. The molecular weight excluding hydrogens is 445 g/mol. The van der Waals surface area contributed by atoms with Gasteiger partial charge in [0, 0.05) is 30.5 Å². The topological polar surface area (TPSA) is 109 Å². The second kappa shape index (κ2) is 10.2. The van der Waals surface area contributed by atoms with Crippen molar-refractivity contribution in [2.75, 3.05) is 26.3 Å². The molecule has 1 aromatic carbocycles. The monoisotopic (exact) mass is 468 g/mol. The van der Waals surface area contributed by atoms with E-state index in [9.17, 15) is 23.1 Å². The zero-order valence-corrected chi connectivity index (χ0v) is 17.5. The Hall–Kier alpha value is -3.18. The number of nitrogens with zero attached hydrogens (tertiary/aromatic N) is 2. The number of aromatic hydroxyl groups is 1. The number of carboxylic acids is 1. The number of benzene rings is 1. The number of phenols is 1. The van der Waals surface area contributed by atoms with Gasteiger partial charge in [-0.2, -0.15) is 13.2 Å². The number of hydrogen-bond acceptors (Lipinski definition) is 6. The highest BCUT2D eigenvalue weighted by molar-refractivity contribution is 5.95. The summed E-state index contributed by atoms with van der Waals surface area (Å²) in [5.74, 6) is -2.44. The number of carbonyl (C=O) groups is 2. The van der Waals surface area contributed by atoms with E-state index in [4.69, 9.17) is 19.4 Å². The zero-order chi connectivity index (χ0) is 24.1. The van der Waals surface area contributed by atoms with Crippen LogP contribution >= 0.6 is 0 Å². The van der Waals surface area contributed by atoms with Crippen molar-refractivity contribution in [3.63, 3.8) is 0 Å². The van der Waals surface area contributed by atoms with Crippen LogP contribution in [0.3, 0.4) is 0 Å². The molecule has 2 aliphatic heterocycles. The van der Waals surface area contributed by atoms with E-state index in [2.05, 4.69) is 4.98 Å². The molecule has 0 radical (unpaired) electrons. The second-order valence-corrected chi connectivity index (χ2v) is 7.78. The summed E-state index contributed by atoms with van der Waals surface area (Å²) in [6.07, 6.45) is -0.615. The minimum atomic E-state index is -5.08. The largest absolute Gasteiger partial charge is 0.508 e. The number of carbonyl (C=O) groups excluding carboxylic acids is 1. The predicted molar refractivity (Wildman–Crippen MR) is 108 cm³/mol. The molecular formula is C22H23F3N2O6. The van der Waals surface area contributed by atoms with Crippen LogP contribution in [0.4, 0.5) is 13.2 Å². The predicted octanol–water partition coefficient (Wildman–Crippen LogP) is 2.87. The third-order valence-electron chi connectivity index (χ3n) is 5.48. The summed E-state index contributed by atoms with van der Waals surface area (Å²) < 4.78 is 43.6. The van der Waals surface area contributed by atoms with Gasteiger partial charge in [-0.05, 0) is 42.3 Å². The number of alkyl halides is 3. The van der Waals surface area contributed by atoms with E-state index in [1.807, 2.05) is 12.1 Å². The van der Waals surface area contributed by atoms with Gasteiger partial charge < -0.3 is 24.6 Å². The number of pyridine rings is 1. The molecule has 1 unspecified atom stereocenters. The first-order valence-corrected chi connectivity index (χ1v) is 10.1. The van der Waals surface area contributed by atoms with E-state index in [0.29, 0.717) is 38.5 Å². The minimum absolute atomic E-state index is 0.0709. The van der Waals surface area contributed by atoms with Crippen molar-refractivity contribution in [3.8, 4) is 5.75 Å². The molecule has 11 heteroatoms. The quantitative estimate of drug-likeness (QED) is 0.695. The summed E-state index contributed by atoms with van der Waals surface area (Å²) in [6, 6.07) is 10.3. The fraction of sp³-hybridized carbons (Fsp3) is 0.409. The average molecular weight is 468 g/mol. The first-order valence-electron chi connectivity index (χ1n) is 10.1. The number of phenolic OH excluding ortho intramolecular Hbond substituents is 1. The normalized spacial score (nSPS) is 18.9. The molecule has 2 aliphatic rings.